The van der Waals surface area contributed by atoms with Crippen LogP contribution in [-0.4, -0.2) is 168 Å². The molecule has 0 aromatic rings. The minimum absolute atomic E-state index is 0.778. The number of aliphatic hydroxyl groups excluding tert-OH is 11. The van der Waals surface area contributed by atoms with E-state index in [2.05, 4.69) is 0 Å². The highest BCUT2D eigenvalue weighted by atomic mass is 16.8. The summed E-state index contributed by atoms with van der Waals surface area (Å²) in [5.41, 5.74) is 0. The Morgan fingerprint density at radius 3 is 1.35 bits per heavy atom. The maximum absolute atomic E-state index is 10.4. The number of ether oxygens (including phenoxy) is 5. The van der Waals surface area contributed by atoms with Crippen molar-refractivity contribution in [3.8, 4) is 0 Å². The molecule has 34 heavy (non-hydrogen) atoms. The van der Waals surface area contributed by atoms with Crippen molar-refractivity contribution >= 4 is 0 Å². The van der Waals surface area contributed by atoms with Gasteiger partial charge in [0.25, 0.3) is 0 Å². The summed E-state index contributed by atoms with van der Waals surface area (Å²) in [4.78, 5) is 0. The van der Waals surface area contributed by atoms with Crippen LogP contribution in [0.15, 0.2) is 0 Å². The Kier molecular flexibility index (Phi) is 9.54. The summed E-state index contributed by atoms with van der Waals surface area (Å²) in [6.45, 7) is -2.41. The van der Waals surface area contributed by atoms with Crippen LogP contribution in [0.3, 0.4) is 0 Å². The Balaban J connectivity index is 1.64. The summed E-state index contributed by atoms with van der Waals surface area (Å²) in [5, 5.41) is 108. The maximum Gasteiger partial charge on any atom is 0.187 e. The van der Waals surface area contributed by atoms with Crippen molar-refractivity contribution in [1.82, 2.24) is 0 Å². The van der Waals surface area contributed by atoms with E-state index in [0.29, 0.717) is 0 Å². The van der Waals surface area contributed by atoms with Gasteiger partial charge in [0.1, 0.15) is 73.2 Å². The highest BCUT2D eigenvalue weighted by Crippen LogP contribution is 2.32. The fraction of sp³-hybridized carbons (Fsp3) is 1.00. The number of aliphatic hydroxyl groups is 11. The van der Waals surface area contributed by atoms with Crippen LogP contribution in [-0.2, 0) is 23.7 Å². The first-order valence-electron chi connectivity index (χ1n) is 10.6. The Hall–Kier alpha value is -0.640. The van der Waals surface area contributed by atoms with Crippen molar-refractivity contribution in [2.24, 2.45) is 0 Å². The second kappa shape index (κ2) is 11.6. The molecule has 3 aliphatic rings. The number of rotatable bonds is 10. The highest BCUT2D eigenvalue weighted by Gasteiger charge is 2.53. The topological polar surface area (TPSA) is 269 Å². The van der Waals surface area contributed by atoms with Crippen LogP contribution in [0.1, 0.15) is 0 Å². The van der Waals surface area contributed by atoms with Gasteiger partial charge in [0.15, 0.2) is 18.9 Å². The van der Waals surface area contributed by atoms with Crippen LogP contribution in [0, 0.1) is 0 Å². The van der Waals surface area contributed by atoms with E-state index in [1.165, 1.54) is 0 Å². The molecule has 0 unspecified atom stereocenters. The lowest BCUT2D eigenvalue weighted by Crippen LogP contribution is -2.46. The molecule has 0 spiro atoms. The van der Waals surface area contributed by atoms with E-state index in [0.717, 1.165) is 0 Å². The van der Waals surface area contributed by atoms with Crippen LogP contribution in [0.2, 0.25) is 0 Å². The van der Waals surface area contributed by atoms with E-state index in [1.807, 2.05) is 0 Å². The third-order valence-corrected chi connectivity index (χ3v) is 6.07. The molecule has 0 amide bonds. The summed E-state index contributed by atoms with van der Waals surface area (Å²) < 4.78 is 26.3. The largest absolute Gasteiger partial charge is 0.394 e. The Bertz CT molecular complexity index is 641. The minimum atomic E-state index is -1.76. The number of hydrogen-bond donors (Lipinski definition) is 11. The van der Waals surface area contributed by atoms with Crippen molar-refractivity contribution in [2.75, 3.05) is 19.8 Å². The molecule has 3 fully saturated rings. The van der Waals surface area contributed by atoms with Crippen molar-refractivity contribution in [1.29, 1.82) is 0 Å². The minimum Gasteiger partial charge on any atom is -0.394 e. The van der Waals surface area contributed by atoms with Gasteiger partial charge in [-0.1, -0.05) is 0 Å². The van der Waals surface area contributed by atoms with Crippen LogP contribution in [0.5, 0.6) is 0 Å². The maximum atomic E-state index is 10.4. The van der Waals surface area contributed by atoms with Gasteiger partial charge in [-0.15, -0.1) is 0 Å². The highest BCUT2D eigenvalue weighted by molar-refractivity contribution is 4.96. The average molecular weight is 504 g/mol. The van der Waals surface area contributed by atoms with Crippen LogP contribution in [0.25, 0.3) is 0 Å². The normalized spacial score (nSPS) is 47.7. The van der Waals surface area contributed by atoms with E-state index in [-0.39, 0.29) is 0 Å². The monoisotopic (exact) mass is 504 g/mol. The molecule has 3 rings (SSSR count). The van der Waals surface area contributed by atoms with Gasteiger partial charge in [0.05, 0.1) is 19.8 Å². The predicted octanol–water partition coefficient (Wildman–Crippen LogP) is -7.57. The third-order valence-electron chi connectivity index (χ3n) is 6.07. The predicted molar refractivity (Wildman–Crippen MR) is 101 cm³/mol. The molecule has 11 N–H and O–H groups in total. The molecule has 15 atom stereocenters. The van der Waals surface area contributed by atoms with Gasteiger partial charge in [-0.2, -0.15) is 0 Å². The van der Waals surface area contributed by atoms with Crippen LogP contribution >= 0.6 is 0 Å². The first kappa shape index (κ1) is 27.9. The van der Waals surface area contributed by atoms with Crippen molar-refractivity contribution < 1.29 is 79.9 Å². The van der Waals surface area contributed by atoms with Gasteiger partial charge in [-0.3, -0.25) is 0 Å². The van der Waals surface area contributed by atoms with Gasteiger partial charge >= 0.3 is 0 Å². The third kappa shape index (κ3) is 5.37. The Labute approximate surface area is 192 Å². The lowest BCUT2D eigenvalue weighted by molar-refractivity contribution is -0.259. The summed E-state index contributed by atoms with van der Waals surface area (Å²) in [6.07, 6.45) is -23.9. The summed E-state index contributed by atoms with van der Waals surface area (Å²) in [6, 6.07) is 0. The molecule has 0 radical (unpaired) electrons. The lowest BCUT2D eigenvalue weighted by Gasteiger charge is -2.29. The van der Waals surface area contributed by atoms with Crippen molar-refractivity contribution in [2.45, 2.75) is 92.1 Å². The molecule has 200 valence electrons. The second-order valence-electron chi connectivity index (χ2n) is 8.34. The zero-order chi connectivity index (χ0) is 25.3. The lowest BCUT2D eigenvalue weighted by atomic mass is 10.0. The van der Waals surface area contributed by atoms with Gasteiger partial charge in [-0.25, -0.2) is 0 Å². The van der Waals surface area contributed by atoms with Crippen molar-refractivity contribution in [3.63, 3.8) is 0 Å². The SMILES string of the molecule is OC[C@H](O)[C@@H]1O[C@@H](O[C@H](CO)[C@@H]2O[C@@H](O[C@H](CO)[C@@H]3O[C@H](O)[C@@H](O)[C@@H]3O)[C@H](O)[C@@H]2O)[C@H](O)[C@@H]1O. The molecular formula is C18H32O16. The Morgan fingerprint density at radius 2 is 0.941 bits per heavy atom. The fourth-order valence-corrected chi connectivity index (χ4v) is 4.08. The number of hydrogen-bond acceptors (Lipinski definition) is 16. The molecule has 16 nitrogen and oxygen atoms in total. The van der Waals surface area contributed by atoms with E-state index in [4.69, 9.17) is 28.8 Å². The molecule has 0 aromatic heterocycles. The zero-order valence-electron chi connectivity index (χ0n) is 17.7. The zero-order valence-corrected chi connectivity index (χ0v) is 17.7. The van der Waals surface area contributed by atoms with Gasteiger partial charge in [-0.05, 0) is 0 Å². The van der Waals surface area contributed by atoms with Gasteiger partial charge < -0.3 is 79.9 Å². The average Bonchev–Trinajstić information content (AvgIpc) is 3.37. The van der Waals surface area contributed by atoms with Crippen molar-refractivity contribution in [3.05, 3.63) is 0 Å². The smallest absolute Gasteiger partial charge is 0.187 e. The van der Waals surface area contributed by atoms with Gasteiger partial charge in [0.2, 0.25) is 0 Å². The van der Waals surface area contributed by atoms with E-state index >= 15 is 0 Å². The first-order chi connectivity index (χ1) is 16.0. The first-order valence-corrected chi connectivity index (χ1v) is 10.6. The second-order valence-corrected chi connectivity index (χ2v) is 8.34. The molecule has 3 aliphatic heterocycles. The van der Waals surface area contributed by atoms with Crippen LogP contribution in [0.4, 0.5) is 0 Å². The fourth-order valence-electron chi connectivity index (χ4n) is 4.08. The molecule has 3 heterocycles. The standard InChI is InChI=1S/C18H32O16/c19-1-4(22)13-8(24)11(27)17(33-13)31-6(3-21)15-9(25)12(28)18(34-15)30-5(2-20)14-7(23)10(26)16(29)32-14/h4-29H,1-3H2/t4-,5+,6+,7-,8-,9-,10-,11+,12+,13-,14-,15-,16-,17+,18+/m0/s1. The molecule has 0 aliphatic carbocycles. The molecule has 16 heteroatoms. The summed E-state index contributed by atoms with van der Waals surface area (Å²) in [5.74, 6) is 0. The van der Waals surface area contributed by atoms with E-state index < -0.39 is 112 Å². The van der Waals surface area contributed by atoms with E-state index in [9.17, 15) is 51.1 Å². The Morgan fingerprint density at radius 1 is 0.529 bits per heavy atom. The summed E-state index contributed by atoms with van der Waals surface area (Å²) in [7, 11) is 0. The van der Waals surface area contributed by atoms with E-state index in [1.54, 1.807) is 0 Å². The quantitative estimate of drug-likeness (QED) is 0.132. The molecule has 0 bridgehead atoms. The summed E-state index contributed by atoms with van der Waals surface area (Å²) >= 11 is 0. The molecular weight excluding hydrogens is 472 g/mol. The molecule has 0 saturated carbocycles. The van der Waals surface area contributed by atoms with Crippen LogP contribution < -0.4 is 0 Å². The molecule has 0 aromatic carbocycles. The molecule has 3 saturated heterocycles. The van der Waals surface area contributed by atoms with Gasteiger partial charge in [0, 0.05) is 0 Å².